The zero-order valence-electron chi connectivity index (χ0n) is 16.8. The third-order valence-corrected chi connectivity index (χ3v) is 5.48. The summed E-state index contributed by atoms with van der Waals surface area (Å²) in [5, 5.41) is 3.05. The van der Waals surface area contributed by atoms with Crippen LogP contribution in [0.1, 0.15) is 12.1 Å². The molecule has 1 saturated heterocycles. The van der Waals surface area contributed by atoms with Crippen LogP contribution in [0.3, 0.4) is 0 Å². The zero-order valence-corrected chi connectivity index (χ0v) is 16.8. The van der Waals surface area contributed by atoms with Gasteiger partial charge in [-0.25, -0.2) is 4.98 Å². The highest BCUT2D eigenvalue weighted by molar-refractivity contribution is 5.99. The Hall–Kier alpha value is -4.00. The Balaban J connectivity index is 1.39. The van der Waals surface area contributed by atoms with Gasteiger partial charge in [-0.1, -0.05) is 42.5 Å². The molecule has 1 aliphatic heterocycles. The van der Waals surface area contributed by atoms with Crippen LogP contribution in [0.25, 0.3) is 16.9 Å². The van der Waals surface area contributed by atoms with Crippen LogP contribution in [0.15, 0.2) is 79.1 Å². The van der Waals surface area contributed by atoms with Gasteiger partial charge in [-0.05, 0) is 24.3 Å². The van der Waals surface area contributed by atoms with Crippen molar-refractivity contribution < 1.29 is 9.59 Å². The highest BCUT2D eigenvalue weighted by atomic mass is 16.2. The molecule has 1 N–H and O–H groups in total. The summed E-state index contributed by atoms with van der Waals surface area (Å²) in [5.41, 5.74) is 3.18. The Morgan fingerprint density at radius 1 is 1.03 bits per heavy atom. The molecule has 4 aromatic rings. The van der Waals surface area contributed by atoms with E-state index in [0.717, 1.165) is 16.9 Å². The van der Waals surface area contributed by atoms with Gasteiger partial charge in [0.1, 0.15) is 17.2 Å². The first-order valence-corrected chi connectivity index (χ1v) is 10.2. The van der Waals surface area contributed by atoms with E-state index in [9.17, 15) is 9.59 Å². The molecule has 5 rings (SSSR count). The first-order valence-electron chi connectivity index (χ1n) is 10.2. The lowest BCUT2D eigenvalue weighted by molar-refractivity contribution is -0.128. The van der Waals surface area contributed by atoms with E-state index in [1.54, 1.807) is 11.1 Å². The largest absolute Gasteiger partial charge is 0.336 e. The maximum absolute atomic E-state index is 13.1. The van der Waals surface area contributed by atoms with E-state index < -0.39 is 5.92 Å². The van der Waals surface area contributed by atoms with Gasteiger partial charge in [0.15, 0.2) is 0 Å². The Labute approximate surface area is 179 Å². The molecule has 2 amide bonds. The summed E-state index contributed by atoms with van der Waals surface area (Å²) in [6.07, 6.45) is 3.77. The van der Waals surface area contributed by atoms with Crippen molar-refractivity contribution in [2.75, 3.05) is 11.9 Å². The minimum absolute atomic E-state index is 0.0350. The van der Waals surface area contributed by atoms with Gasteiger partial charge in [-0.2, -0.15) is 0 Å². The van der Waals surface area contributed by atoms with Crippen LogP contribution in [0, 0.1) is 5.92 Å². The summed E-state index contributed by atoms with van der Waals surface area (Å²) < 4.78 is 1.86. The van der Waals surface area contributed by atoms with Crippen molar-refractivity contribution in [2.24, 2.45) is 5.92 Å². The molecular formula is C24H21N5O2. The molecule has 31 heavy (non-hydrogen) atoms. The van der Waals surface area contributed by atoms with E-state index in [0.29, 0.717) is 24.6 Å². The first kappa shape index (κ1) is 19.0. The number of rotatable bonds is 5. The first-order chi connectivity index (χ1) is 15.2. The number of carbonyl (C=O) groups excluding carboxylic acids is 2. The molecule has 1 fully saturated rings. The molecule has 0 radical (unpaired) electrons. The quantitative estimate of drug-likeness (QED) is 0.546. The number of hydrogen-bond donors (Lipinski definition) is 1. The highest BCUT2D eigenvalue weighted by Crippen LogP contribution is 2.30. The Bertz CT molecular complexity index is 1240. The van der Waals surface area contributed by atoms with Crippen molar-refractivity contribution in [1.82, 2.24) is 19.3 Å². The van der Waals surface area contributed by atoms with Gasteiger partial charge in [0.2, 0.25) is 11.8 Å². The van der Waals surface area contributed by atoms with Crippen LogP contribution < -0.4 is 5.32 Å². The number of anilines is 1. The van der Waals surface area contributed by atoms with E-state index in [1.807, 2.05) is 77.3 Å². The number of nitrogens with zero attached hydrogens (tertiary/aromatic N) is 4. The lowest BCUT2D eigenvalue weighted by Crippen LogP contribution is -2.28. The van der Waals surface area contributed by atoms with Crippen LogP contribution in [0.2, 0.25) is 0 Å². The van der Waals surface area contributed by atoms with Crippen LogP contribution in [0.4, 0.5) is 5.82 Å². The van der Waals surface area contributed by atoms with Crippen LogP contribution in [-0.2, 0) is 16.1 Å². The van der Waals surface area contributed by atoms with Gasteiger partial charge in [0, 0.05) is 30.9 Å². The Morgan fingerprint density at radius 3 is 2.65 bits per heavy atom. The average Bonchev–Trinajstić information content (AvgIpc) is 3.36. The van der Waals surface area contributed by atoms with Gasteiger partial charge in [-0.15, -0.1) is 0 Å². The topological polar surface area (TPSA) is 79.6 Å². The fourth-order valence-corrected chi connectivity index (χ4v) is 3.92. The van der Waals surface area contributed by atoms with Crippen LogP contribution in [0.5, 0.6) is 0 Å². The van der Waals surface area contributed by atoms with Gasteiger partial charge >= 0.3 is 0 Å². The molecule has 1 unspecified atom stereocenters. The molecule has 7 nitrogen and oxygen atoms in total. The van der Waals surface area contributed by atoms with E-state index in [4.69, 9.17) is 4.98 Å². The molecule has 4 heterocycles. The van der Waals surface area contributed by atoms with Crippen molar-refractivity contribution in [3.05, 3.63) is 84.8 Å². The number of benzene rings is 1. The summed E-state index contributed by atoms with van der Waals surface area (Å²) in [4.78, 5) is 36.3. The SMILES string of the molecule is O=C(Nc1c(-c2ccccc2)nc2ccccn12)C1CC(=O)N(Cc2ccccn2)C1. The number of aromatic nitrogens is 3. The van der Waals surface area contributed by atoms with Crippen molar-refractivity contribution >= 4 is 23.3 Å². The third-order valence-electron chi connectivity index (χ3n) is 5.48. The minimum Gasteiger partial charge on any atom is -0.336 e. The minimum atomic E-state index is -0.422. The molecule has 0 spiro atoms. The molecule has 0 bridgehead atoms. The molecule has 154 valence electrons. The van der Waals surface area contributed by atoms with Crippen LogP contribution in [-0.4, -0.2) is 37.6 Å². The van der Waals surface area contributed by atoms with Crippen molar-refractivity contribution in [2.45, 2.75) is 13.0 Å². The zero-order chi connectivity index (χ0) is 21.2. The molecule has 1 aromatic carbocycles. The average molecular weight is 411 g/mol. The van der Waals surface area contributed by atoms with Gasteiger partial charge in [0.05, 0.1) is 18.2 Å². The maximum Gasteiger partial charge on any atom is 0.230 e. The molecular weight excluding hydrogens is 390 g/mol. The Morgan fingerprint density at radius 2 is 1.84 bits per heavy atom. The fourth-order valence-electron chi connectivity index (χ4n) is 3.92. The molecule has 3 aromatic heterocycles. The number of likely N-dealkylation sites (tertiary alicyclic amines) is 1. The number of pyridine rings is 2. The number of nitrogens with one attached hydrogen (secondary N) is 1. The summed E-state index contributed by atoms with van der Waals surface area (Å²) in [6, 6.07) is 21.1. The number of fused-ring (bicyclic) bond motifs is 1. The Kier molecular flexibility index (Phi) is 4.92. The molecule has 1 aliphatic rings. The van der Waals surface area contributed by atoms with Gasteiger partial charge in [0.25, 0.3) is 0 Å². The van der Waals surface area contributed by atoms with Gasteiger partial charge in [-0.3, -0.25) is 19.0 Å². The standard InChI is InChI=1S/C24H21N5O2/c30-21-14-18(15-28(21)16-19-10-4-6-12-25-19)24(31)27-23-22(17-8-2-1-3-9-17)26-20-11-5-7-13-29(20)23/h1-13,18H,14-16H2,(H,27,31). The van der Waals surface area contributed by atoms with E-state index in [1.165, 1.54) is 0 Å². The smallest absolute Gasteiger partial charge is 0.230 e. The molecule has 0 saturated carbocycles. The molecule has 7 heteroatoms. The lowest BCUT2D eigenvalue weighted by atomic mass is 10.1. The fraction of sp³-hybridized carbons (Fsp3) is 0.167. The predicted molar refractivity (Wildman–Crippen MR) is 117 cm³/mol. The summed E-state index contributed by atoms with van der Waals surface area (Å²) >= 11 is 0. The summed E-state index contributed by atoms with van der Waals surface area (Å²) in [5.74, 6) is -0.0246. The number of hydrogen-bond acceptors (Lipinski definition) is 4. The second kappa shape index (κ2) is 8.02. The summed E-state index contributed by atoms with van der Waals surface area (Å²) in [7, 11) is 0. The van der Waals surface area contributed by atoms with E-state index in [-0.39, 0.29) is 18.2 Å². The molecule has 0 aliphatic carbocycles. The highest BCUT2D eigenvalue weighted by Gasteiger charge is 2.35. The third kappa shape index (κ3) is 3.77. The van der Waals surface area contributed by atoms with E-state index >= 15 is 0 Å². The normalized spacial score (nSPS) is 16.1. The number of carbonyl (C=O) groups is 2. The molecule has 1 atom stereocenters. The van der Waals surface area contributed by atoms with Crippen molar-refractivity contribution in [1.29, 1.82) is 0 Å². The van der Waals surface area contributed by atoms with Gasteiger partial charge < -0.3 is 10.2 Å². The maximum atomic E-state index is 13.1. The predicted octanol–water partition coefficient (Wildman–Crippen LogP) is 3.38. The summed E-state index contributed by atoms with van der Waals surface area (Å²) in [6.45, 7) is 0.785. The number of amides is 2. The second-order valence-corrected chi connectivity index (χ2v) is 7.59. The monoisotopic (exact) mass is 411 g/mol. The second-order valence-electron chi connectivity index (χ2n) is 7.59. The number of imidazole rings is 1. The van der Waals surface area contributed by atoms with Crippen molar-refractivity contribution in [3.63, 3.8) is 0 Å². The van der Waals surface area contributed by atoms with Crippen molar-refractivity contribution in [3.8, 4) is 11.3 Å². The lowest BCUT2D eigenvalue weighted by Gasteiger charge is -2.16. The van der Waals surface area contributed by atoms with Crippen LogP contribution >= 0.6 is 0 Å². The van der Waals surface area contributed by atoms with E-state index in [2.05, 4.69) is 10.3 Å².